The van der Waals surface area contributed by atoms with Crippen molar-refractivity contribution < 1.29 is 5.41 Å². The standard InChI is InChI=1S/C4BN4.CH5N3/c6-1-5(2-7,3-8)4-9;2-1(3)4/h;(H5,2,3,4)/q-1;/p+1. The number of hydrogen-bond donors (Lipinski definition) is 3. The lowest BCUT2D eigenvalue weighted by molar-refractivity contribution is -0.116. The Balaban J connectivity index is 0. The van der Waals surface area contributed by atoms with Gasteiger partial charge in [0.25, 0.3) is 0 Å². The molecule has 0 aromatic heterocycles. The third kappa shape index (κ3) is 5.73. The van der Waals surface area contributed by atoms with Crippen LogP contribution in [0.15, 0.2) is 0 Å². The molecule has 0 bridgehead atoms. The average Bonchev–Trinajstić information content (AvgIpc) is 2.09. The third-order valence-corrected chi connectivity index (χ3v) is 0.775. The van der Waals surface area contributed by atoms with Crippen molar-refractivity contribution in [1.29, 1.82) is 21.0 Å². The van der Waals surface area contributed by atoms with Crippen LogP contribution in [-0.2, 0) is 0 Å². The largest absolute Gasteiger partial charge is 0.383 e. The fourth-order valence-corrected chi connectivity index (χ4v) is 0.173. The van der Waals surface area contributed by atoms with Gasteiger partial charge in [-0.25, -0.2) is 21.0 Å². The van der Waals surface area contributed by atoms with Crippen LogP contribution < -0.4 is 16.9 Å². The molecular formula is C5H6BN7. The van der Waals surface area contributed by atoms with Crippen LogP contribution in [0.1, 0.15) is 0 Å². The van der Waals surface area contributed by atoms with Gasteiger partial charge < -0.3 is 0 Å². The molecule has 0 radical (unpaired) electrons. The van der Waals surface area contributed by atoms with Gasteiger partial charge in [-0.15, -0.1) is 23.9 Å². The Morgan fingerprint density at radius 2 is 1.08 bits per heavy atom. The van der Waals surface area contributed by atoms with E-state index in [4.69, 9.17) is 21.0 Å². The minimum Gasteiger partial charge on any atom is -0.291 e. The summed E-state index contributed by atoms with van der Waals surface area (Å²) >= 11 is 0. The van der Waals surface area contributed by atoms with Gasteiger partial charge in [-0.2, -0.15) is 0 Å². The maximum atomic E-state index is 8.09. The number of nitriles is 4. The third-order valence-electron chi connectivity index (χ3n) is 0.775. The highest BCUT2D eigenvalue weighted by Crippen LogP contribution is 1.92. The van der Waals surface area contributed by atoms with Crippen LogP contribution in [0.2, 0.25) is 0 Å². The molecule has 0 aromatic carbocycles. The second-order valence-electron chi connectivity index (χ2n) is 1.88. The quantitative estimate of drug-likeness (QED) is 0.197. The SMILES string of the molecule is N#C[B-](C#N)(C#N)C#N.NC(N)=[NH2+]. The topological polar surface area (TPSA) is 173 Å². The normalized spacial score (nSPS) is 7.08. The molecule has 0 aliphatic heterocycles. The van der Waals surface area contributed by atoms with E-state index in [1.807, 2.05) is 0 Å². The monoisotopic (exact) mass is 175 g/mol. The lowest BCUT2D eigenvalue weighted by atomic mass is 9.30. The molecule has 7 nitrogen and oxygen atoms in total. The molecule has 0 saturated heterocycles. The molecule has 0 fully saturated rings. The molecule has 0 amide bonds. The highest BCUT2D eigenvalue weighted by atomic mass is 14.9. The van der Waals surface area contributed by atoms with Crippen LogP contribution in [-0.4, -0.2) is 12.1 Å². The first kappa shape index (κ1) is 12.9. The van der Waals surface area contributed by atoms with Gasteiger partial charge in [0, 0.05) is 0 Å². The van der Waals surface area contributed by atoms with Gasteiger partial charge in [-0.1, -0.05) is 0 Å². The summed E-state index contributed by atoms with van der Waals surface area (Å²) in [5.74, 6) is 5.29. The highest BCUT2D eigenvalue weighted by molar-refractivity contribution is 7.05. The Labute approximate surface area is 74.8 Å². The molecule has 6 N–H and O–H groups in total. The summed E-state index contributed by atoms with van der Waals surface area (Å²) in [7, 11) is 0. The van der Waals surface area contributed by atoms with Crippen LogP contribution >= 0.6 is 0 Å². The smallest absolute Gasteiger partial charge is 0.291 e. The Morgan fingerprint density at radius 1 is 0.923 bits per heavy atom. The molecule has 13 heavy (non-hydrogen) atoms. The van der Waals surface area contributed by atoms with Gasteiger partial charge in [0.2, 0.25) is 0 Å². The molecule has 8 heteroatoms. The molecule has 0 rings (SSSR count). The van der Waals surface area contributed by atoms with Crippen LogP contribution in [0, 0.1) is 44.9 Å². The minimum atomic E-state index is -2.72. The van der Waals surface area contributed by atoms with E-state index in [9.17, 15) is 0 Å². The number of rotatable bonds is 0. The van der Waals surface area contributed by atoms with E-state index in [2.05, 4.69) is 16.9 Å². The molecule has 0 aliphatic carbocycles. The maximum absolute atomic E-state index is 8.09. The molecular weight excluding hydrogens is 169 g/mol. The van der Waals surface area contributed by atoms with Crippen LogP contribution in [0.3, 0.4) is 0 Å². The van der Waals surface area contributed by atoms with Crippen LogP contribution in [0.5, 0.6) is 0 Å². The maximum Gasteiger partial charge on any atom is 0.383 e. The summed E-state index contributed by atoms with van der Waals surface area (Å²) in [6.07, 6.45) is -2.72. The van der Waals surface area contributed by atoms with E-state index in [0.717, 1.165) is 0 Å². The molecule has 0 aliphatic rings. The lowest BCUT2D eigenvalue weighted by Crippen LogP contribution is -2.51. The van der Waals surface area contributed by atoms with E-state index >= 15 is 0 Å². The minimum absolute atomic E-state index is 0.0833. The van der Waals surface area contributed by atoms with Crippen molar-refractivity contribution in [2.24, 2.45) is 11.5 Å². The van der Waals surface area contributed by atoms with E-state index in [1.165, 1.54) is 23.9 Å². The summed E-state index contributed by atoms with van der Waals surface area (Å²) in [4.78, 5) is 0. The summed E-state index contributed by atoms with van der Waals surface area (Å²) in [5.41, 5.74) is 9.17. The Hall–Kier alpha value is -2.71. The summed E-state index contributed by atoms with van der Waals surface area (Å²) in [5, 5.41) is 36.9. The Bertz CT molecular complexity index is 280. The fraction of sp³-hybridized carbons (Fsp3) is 0. The van der Waals surface area contributed by atoms with Crippen molar-refractivity contribution in [2.45, 2.75) is 0 Å². The summed E-state index contributed by atoms with van der Waals surface area (Å²) in [6.45, 7) is 0. The second kappa shape index (κ2) is 6.03. The van der Waals surface area contributed by atoms with E-state index in [-0.39, 0.29) is 5.96 Å². The predicted octanol–water partition coefficient (Wildman–Crippen LogP) is -3.29. The van der Waals surface area contributed by atoms with E-state index < -0.39 is 6.15 Å². The zero-order valence-corrected chi connectivity index (χ0v) is 6.60. The van der Waals surface area contributed by atoms with Gasteiger partial charge in [0.1, 0.15) is 0 Å². The van der Waals surface area contributed by atoms with Crippen molar-refractivity contribution in [3.05, 3.63) is 0 Å². The van der Waals surface area contributed by atoms with Crippen molar-refractivity contribution >= 4 is 12.1 Å². The highest BCUT2D eigenvalue weighted by Gasteiger charge is 2.22. The number of hydrogen-bond acceptors (Lipinski definition) is 4. The Morgan fingerprint density at radius 3 is 1.08 bits per heavy atom. The first-order chi connectivity index (χ1) is 5.97. The zero-order chi connectivity index (χ0) is 10.9. The molecule has 0 aromatic rings. The molecule has 0 unspecified atom stereocenters. The van der Waals surface area contributed by atoms with Crippen molar-refractivity contribution in [1.82, 2.24) is 0 Å². The Kier molecular flexibility index (Phi) is 6.00. The molecule has 0 atom stereocenters. The number of nitrogens with two attached hydrogens (primary N) is 3. The van der Waals surface area contributed by atoms with E-state index in [1.54, 1.807) is 0 Å². The van der Waals surface area contributed by atoms with Gasteiger partial charge in [-0.3, -0.25) is 16.9 Å². The molecule has 0 saturated carbocycles. The van der Waals surface area contributed by atoms with Crippen molar-refractivity contribution in [3.8, 4) is 23.9 Å². The van der Waals surface area contributed by atoms with Gasteiger partial charge in [-0.05, 0) is 0 Å². The van der Waals surface area contributed by atoms with Gasteiger partial charge in [0.15, 0.2) is 0 Å². The molecule has 64 valence electrons. The van der Waals surface area contributed by atoms with E-state index in [0.29, 0.717) is 0 Å². The van der Waals surface area contributed by atoms with Gasteiger partial charge in [0.05, 0.1) is 0 Å². The van der Waals surface area contributed by atoms with Crippen molar-refractivity contribution in [2.75, 3.05) is 0 Å². The van der Waals surface area contributed by atoms with Gasteiger partial charge >= 0.3 is 12.1 Å². The lowest BCUT2D eigenvalue weighted by Gasteiger charge is -1.98. The predicted molar refractivity (Wildman–Crippen MR) is 43.5 cm³/mol. The van der Waals surface area contributed by atoms with Crippen LogP contribution in [0.25, 0.3) is 0 Å². The summed E-state index contributed by atoms with van der Waals surface area (Å²) < 4.78 is 0. The fourth-order valence-electron chi connectivity index (χ4n) is 0.173. The number of nitrogens with zero attached hydrogens (tertiary/aromatic N) is 4. The first-order valence-electron chi connectivity index (χ1n) is 2.92. The molecule has 0 spiro atoms. The van der Waals surface area contributed by atoms with Crippen LogP contribution in [0.4, 0.5) is 0 Å². The number of guanidine groups is 1. The zero-order valence-electron chi connectivity index (χ0n) is 6.60. The first-order valence-corrected chi connectivity index (χ1v) is 2.92. The second-order valence-corrected chi connectivity index (χ2v) is 1.88. The summed E-state index contributed by atoms with van der Waals surface area (Å²) in [6, 6.07) is 0. The average molecular weight is 175 g/mol. The molecule has 0 heterocycles. The van der Waals surface area contributed by atoms with Crippen molar-refractivity contribution in [3.63, 3.8) is 0 Å².